The van der Waals surface area contributed by atoms with Crippen molar-refractivity contribution in [1.82, 2.24) is 25.0 Å². The van der Waals surface area contributed by atoms with Crippen molar-refractivity contribution < 1.29 is 9.53 Å². The van der Waals surface area contributed by atoms with Crippen LogP contribution in [0.25, 0.3) is 0 Å². The van der Waals surface area contributed by atoms with E-state index in [2.05, 4.69) is 52.5 Å². The first-order valence-electron chi connectivity index (χ1n) is 9.29. The zero-order valence-electron chi connectivity index (χ0n) is 15.9. The Labute approximate surface area is 164 Å². The standard InChI is InChI=1S/C19H27N5O2S/c1-15(2)24-14-21-22-19(24)27-13-18(25)20-11-16-5-3-4-6-17(16)12-23-7-9-26-10-8-23/h3-6,14-15H,7-13H2,1-2H3,(H,20,25). The Hall–Kier alpha value is -1.90. The second kappa shape index (κ2) is 9.87. The van der Waals surface area contributed by atoms with Crippen LogP contribution in [0.15, 0.2) is 35.7 Å². The van der Waals surface area contributed by atoms with Gasteiger partial charge in [0.1, 0.15) is 6.33 Å². The molecule has 1 amide bonds. The van der Waals surface area contributed by atoms with Crippen molar-refractivity contribution in [2.45, 2.75) is 38.1 Å². The van der Waals surface area contributed by atoms with E-state index in [1.165, 1.54) is 17.3 Å². The van der Waals surface area contributed by atoms with E-state index < -0.39 is 0 Å². The maximum Gasteiger partial charge on any atom is 0.230 e. The van der Waals surface area contributed by atoms with Crippen LogP contribution < -0.4 is 5.32 Å². The molecule has 1 aromatic carbocycles. The highest BCUT2D eigenvalue weighted by molar-refractivity contribution is 7.99. The molecule has 1 fully saturated rings. The number of ether oxygens (including phenoxy) is 1. The Morgan fingerprint density at radius 1 is 1.26 bits per heavy atom. The van der Waals surface area contributed by atoms with E-state index in [1.54, 1.807) is 6.33 Å². The minimum Gasteiger partial charge on any atom is -0.379 e. The van der Waals surface area contributed by atoms with E-state index in [-0.39, 0.29) is 11.9 Å². The molecule has 146 valence electrons. The average molecular weight is 390 g/mol. The van der Waals surface area contributed by atoms with Crippen molar-refractivity contribution in [2.75, 3.05) is 32.1 Å². The van der Waals surface area contributed by atoms with E-state index in [9.17, 15) is 4.79 Å². The Bertz CT molecular complexity index is 743. The molecule has 2 aromatic rings. The summed E-state index contributed by atoms with van der Waals surface area (Å²) < 4.78 is 7.38. The van der Waals surface area contributed by atoms with Crippen LogP contribution in [0, 0.1) is 0 Å². The van der Waals surface area contributed by atoms with Crippen LogP contribution in [-0.4, -0.2) is 57.6 Å². The molecule has 0 spiro atoms. The van der Waals surface area contributed by atoms with Crippen LogP contribution in [0.4, 0.5) is 0 Å². The van der Waals surface area contributed by atoms with Crippen molar-refractivity contribution in [1.29, 1.82) is 0 Å². The van der Waals surface area contributed by atoms with Crippen LogP contribution >= 0.6 is 11.8 Å². The van der Waals surface area contributed by atoms with Gasteiger partial charge in [0.15, 0.2) is 5.16 Å². The quantitative estimate of drug-likeness (QED) is 0.697. The van der Waals surface area contributed by atoms with Gasteiger partial charge in [0.2, 0.25) is 5.91 Å². The molecular weight excluding hydrogens is 362 g/mol. The summed E-state index contributed by atoms with van der Waals surface area (Å²) in [5.74, 6) is 0.330. The minimum absolute atomic E-state index is 0.000480. The van der Waals surface area contributed by atoms with E-state index in [0.29, 0.717) is 12.3 Å². The highest BCUT2D eigenvalue weighted by Gasteiger charge is 2.14. The lowest BCUT2D eigenvalue weighted by atomic mass is 10.1. The molecule has 1 aromatic heterocycles. The maximum atomic E-state index is 12.3. The predicted molar refractivity (Wildman–Crippen MR) is 106 cm³/mol. The molecule has 27 heavy (non-hydrogen) atoms. The predicted octanol–water partition coefficient (Wildman–Crippen LogP) is 2.10. The Morgan fingerprint density at radius 2 is 2.00 bits per heavy atom. The lowest BCUT2D eigenvalue weighted by Gasteiger charge is -2.27. The number of nitrogens with one attached hydrogen (secondary N) is 1. The fourth-order valence-electron chi connectivity index (χ4n) is 2.95. The van der Waals surface area contributed by atoms with E-state index >= 15 is 0 Å². The van der Waals surface area contributed by atoms with Crippen molar-refractivity contribution in [3.8, 4) is 0 Å². The largest absolute Gasteiger partial charge is 0.379 e. The van der Waals surface area contributed by atoms with Crippen LogP contribution in [0.3, 0.4) is 0 Å². The molecule has 0 saturated carbocycles. The van der Waals surface area contributed by atoms with Gasteiger partial charge in [-0.3, -0.25) is 9.69 Å². The van der Waals surface area contributed by atoms with Crippen molar-refractivity contribution >= 4 is 17.7 Å². The molecule has 0 unspecified atom stereocenters. The third-order valence-corrected chi connectivity index (χ3v) is 5.48. The smallest absolute Gasteiger partial charge is 0.230 e. The number of carbonyl (C=O) groups excluding carboxylic acids is 1. The summed E-state index contributed by atoms with van der Waals surface area (Å²) in [4.78, 5) is 14.7. The van der Waals surface area contributed by atoms with E-state index in [1.807, 2.05) is 10.6 Å². The fourth-order valence-corrected chi connectivity index (χ4v) is 3.82. The number of rotatable bonds is 8. The number of nitrogens with zero attached hydrogens (tertiary/aromatic N) is 4. The van der Waals surface area contributed by atoms with Crippen LogP contribution in [0.1, 0.15) is 31.0 Å². The normalized spacial score (nSPS) is 15.2. The zero-order chi connectivity index (χ0) is 19.1. The van der Waals surface area contributed by atoms with Crippen LogP contribution in [-0.2, 0) is 22.6 Å². The van der Waals surface area contributed by atoms with Gasteiger partial charge in [0.25, 0.3) is 0 Å². The zero-order valence-corrected chi connectivity index (χ0v) is 16.7. The number of benzene rings is 1. The van der Waals surface area contributed by atoms with E-state index in [0.717, 1.165) is 43.6 Å². The number of carbonyl (C=O) groups is 1. The molecule has 0 aliphatic carbocycles. The van der Waals surface area contributed by atoms with Gasteiger partial charge in [-0.15, -0.1) is 10.2 Å². The number of hydrogen-bond acceptors (Lipinski definition) is 6. The first-order chi connectivity index (χ1) is 13.1. The molecule has 1 aliphatic heterocycles. The number of hydrogen-bond donors (Lipinski definition) is 1. The van der Waals surface area contributed by atoms with Gasteiger partial charge in [-0.25, -0.2) is 0 Å². The minimum atomic E-state index is -0.000480. The monoisotopic (exact) mass is 389 g/mol. The summed E-state index contributed by atoms with van der Waals surface area (Å²) >= 11 is 1.41. The van der Waals surface area contributed by atoms with Gasteiger partial charge < -0.3 is 14.6 Å². The summed E-state index contributed by atoms with van der Waals surface area (Å²) in [7, 11) is 0. The molecular formula is C19H27N5O2S. The lowest BCUT2D eigenvalue weighted by Crippen LogP contribution is -2.36. The number of amides is 1. The highest BCUT2D eigenvalue weighted by Crippen LogP contribution is 2.18. The third kappa shape index (κ3) is 5.79. The first kappa shape index (κ1) is 19.9. The number of aromatic nitrogens is 3. The topological polar surface area (TPSA) is 72.3 Å². The maximum absolute atomic E-state index is 12.3. The van der Waals surface area contributed by atoms with Crippen LogP contribution in [0.5, 0.6) is 0 Å². The Morgan fingerprint density at radius 3 is 2.74 bits per heavy atom. The third-order valence-electron chi connectivity index (χ3n) is 4.52. The Balaban J connectivity index is 1.50. The molecule has 1 aliphatic rings. The van der Waals surface area contributed by atoms with Gasteiger partial charge in [0, 0.05) is 32.2 Å². The lowest BCUT2D eigenvalue weighted by molar-refractivity contribution is -0.118. The van der Waals surface area contributed by atoms with Crippen molar-refractivity contribution in [2.24, 2.45) is 0 Å². The van der Waals surface area contributed by atoms with Gasteiger partial charge in [-0.05, 0) is 25.0 Å². The summed E-state index contributed by atoms with van der Waals surface area (Å²) in [6.07, 6.45) is 1.70. The second-order valence-corrected chi connectivity index (χ2v) is 7.78. The van der Waals surface area contributed by atoms with Crippen molar-refractivity contribution in [3.63, 3.8) is 0 Å². The summed E-state index contributed by atoms with van der Waals surface area (Å²) in [5.41, 5.74) is 2.42. The first-order valence-corrected chi connectivity index (χ1v) is 10.3. The van der Waals surface area contributed by atoms with Gasteiger partial charge in [0.05, 0.1) is 19.0 Å². The van der Waals surface area contributed by atoms with Gasteiger partial charge in [-0.2, -0.15) is 0 Å². The average Bonchev–Trinajstić information content (AvgIpc) is 3.15. The molecule has 0 radical (unpaired) electrons. The van der Waals surface area contributed by atoms with Crippen molar-refractivity contribution in [3.05, 3.63) is 41.7 Å². The summed E-state index contributed by atoms with van der Waals surface area (Å²) in [6, 6.07) is 8.56. The van der Waals surface area contributed by atoms with Gasteiger partial charge in [-0.1, -0.05) is 36.0 Å². The molecule has 1 N–H and O–H groups in total. The van der Waals surface area contributed by atoms with E-state index in [4.69, 9.17) is 4.74 Å². The second-order valence-electron chi connectivity index (χ2n) is 6.84. The molecule has 0 bridgehead atoms. The summed E-state index contributed by atoms with van der Waals surface area (Å²) in [6.45, 7) is 9.05. The molecule has 1 saturated heterocycles. The summed E-state index contributed by atoms with van der Waals surface area (Å²) in [5, 5.41) is 11.8. The molecule has 2 heterocycles. The van der Waals surface area contributed by atoms with Gasteiger partial charge >= 0.3 is 0 Å². The highest BCUT2D eigenvalue weighted by atomic mass is 32.2. The number of thioether (sulfide) groups is 1. The molecule has 8 heteroatoms. The SMILES string of the molecule is CC(C)n1cnnc1SCC(=O)NCc1ccccc1CN1CCOCC1. The number of morpholine rings is 1. The molecule has 0 atom stereocenters. The fraction of sp³-hybridized carbons (Fsp3) is 0.526. The molecule has 7 nitrogen and oxygen atoms in total. The van der Waals surface area contributed by atoms with Crippen LogP contribution in [0.2, 0.25) is 0 Å². The Kier molecular flexibility index (Phi) is 7.25. The molecule has 3 rings (SSSR count).